The standard InChI is InChI=1S/C17H21NO2S2/c1-11-10-12(2)14(4)17(13(11)3)22(19,20)18-15-6-8-16(21-5)9-7-15/h6-10,18H,1-5H3. The van der Waals surface area contributed by atoms with Gasteiger partial charge in [0.15, 0.2) is 0 Å². The summed E-state index contributed by atoms with van der Waals surface area (Å²) in [5.74, 6) is 0. The fourth-order valence-corrected chi connectivity index (χ4v) is 4.53. The zero-order valence-electron chi connectivity index (χ0n) is 13.5. The number of aryl methyl sites for hydroxylation is 2. The van der Waals surface area contributed by atoms with E-state index in [1.807, 2.05) is 52.1 Å². The van der Waals surface area contributed by atoms with Crippen LogP contribution in [0.25, 0.3) is 0 Å². The molecule has 0 heterocycles. The molecule has 2 rings (SSSR count). The molecule has 2 aromatic rings. The minimum atomic E-state index is -3.60. The number of hydrogen-bond acceptors (Lipinski definition) is 3. The van der Waals surface area contributed by atoms with E-state index in [2.05, 4.69) is 4.72 Å². The van der Waals surface area contributed by atoms with Gasteiger partial charge in [0.2, 0.25) is 0 Å². The van der Waals surface area contributed by atoms with Gasteiger partial charge in [-0.15, -0.1) is 11.8 Å². The second kappa shape index (κ2) is 6.34. The summed E-state index contributed by atoms with van der Waals surface area (Å²) in [6, 6.07) is 9.41. The smallest absolute Gasteiger partial charge is 0.262 e. The van der Waals surface area contributed by atoms with Crippen molar-refractivity contribution < 1.29 is 8.42 Å². The first-order chi connectivity index (χ1) is 10.3. The lowest BCUT2D eigenvalue weighted by Crippen LogP contribution is -2.17. The first-order valence-corrected chi connectivity index (χ1v) is 9.71. The van der Waals surface area contributed by atoms with E-state index in [1.54, 1.807) is 23.9 Å². The van der Waals surface area contributed by atoms with Crippen molar-refractivity contribution in [1.82, 2.24) is 0 Å². The highest BCUT2D eigenvalue weighted by atomic mass is 32.2. The molecular weight excluding hydrogens is 314 g/mol. The van der Waals surface area contributed by atoms with E-state index in [4.69, 9.17) is 0 Å². The van der Waals surface area contributed by atoms with Crippen LogP contribution >= 0.6 is 11.8 Å². The zero-order valence-corrected chi connectivity index (χ0v) is 15.2. The van der Waals surface area contributed by atoms with E-state index >= 15 is 0 Å². The fourth-order valence-electron chi connectivity index (χ4n) is 2.45. The lowest BCUT2D eigenvalue weighted by atomic mass is 10.0. The van der Waals surface area contributed by atoms with Gasteiger partial charge in [-0.1, -0.05) is 6.07 Å². The van der Waals surface area contributed by atoms with E-state index in [1.165, 1.54) is 0 Å². The Kier molecular flexibility index (Phi) is 4.87. The molecule has 22 heavy (non-hydrogen) atoms. The normalized spacial score (nSPS) is 11.5. The Bertz CT molecular complexity index is 768. The number of anilines is 1. The minimum absolute atomic E-state index is 0.388. The highest BCUT2D eigenvalue weighted by Crippen LogP contribution is 2.28. The molecule has 0 spiro atoms. The van der Waals surface area contributed by atoms with Crippen LogP contribution in [0.1, 0.15) is 22.3 Å². The van der Waals surface area contributed by atoms with Crippen molar-refractivity contribution in [3.8, 4) is 0 Å². The van der Waals surface area contributed by atoms with Gasteiger partial charge in [0.1, 0.15) is 0 Å². The van der Waals surface area contributed by atoms with Gasteiger partial charge in [0, 0.05) is 10.6 Å². The van der Waals surface area contributed by atoms with Crippen LogP contribution in [0, 0.1) is 27.7 Å². The molecule has 0 radical (unpaired) electrons. The first kappa shape index (κ1) is 16.9. The Balaban J connectivity index is 2.46. The second-order valence-electron chi connectivity index (χ2n) is 5.42. The molecule has 0 fully saturated rings. The third-order valence-electron chi connectivity index (χ3n) is 3.91. The first-order valence-electron chi connectivity index (χ1n) is 7.00. The van der Waals surface area contributed by atoms with Crippen LogP contribution in [0.2, 0.25) is 0 Å². The van der Waals surface area contributed by atoms with E-state index in [9.17, 15) is 8.42 Å². The summed E-state index contributed by atoms with van der Waals surface area (Å²) in [5.41, 5.74) is 4.16. The maximum atomic E-state index is 12.8. The van der Waals surface area contributed by atoms with Crippen LogP contribution in [0.3, 0.4) is 0 Å². The third kappa shape index (κ3) is 3.31. The SMILES string of the molecule is CSc1ccc(NS(=O)(=O)c2c(C)c(C)cc(C)c2C)cc1. The van der Waals surface area contributed by atoms with Crippen molar-refractivity contribution in [3.05, 3.63) is 52.6 Å². The summed E-state index contributed by atoms with van der Waals surface area (Å²) < 4.78 is 28.3. The van der Waals surface area contributed by atoms with Crippen LogP contribution in [0.4, 0.5) is 5.69 Å². The summed E-state index contributed by atoms with van der Waals surface area (Å²) >= 11 is 1.62. The van der Waals surface area contributed by atoms with Gasteiger partial charge in [0.05, 0.1) is 4.90 Å². The Labute approximate surface area is 137 Å². The number of rotatable bonds is 4. The van der Waals surface area contributed by atoms with Crippen molar-refractivity contribution in [3.63, 3.8) is 0 Å². The van der Waals surface area contributed by atoms with Crippen LogP contribution in [0.5, 0.6) is 0 Å². The third-order valence-corrected chi connectivity index (χ3v) is 6.31. The van der Waals surface area contributed by atoms with Gasteiger partial charge in [-0.3, -0.25) is 4.72 Å². The van der Waals surface area contributed by atoms with Crippen molar-refractivity contribution >= 4 is 27.5 Å². The highest BCUT2D eigenvalue weighted by molar-refractivity contribution is 7.98. The molecule has 0 aromatic heterocycles. The predicted molar refractivity (Wildman–Crippen MR) is 94.4 cm³/mol. The van der Waals surface area contributed by atoms with Crippen LogP contribution in [-0.4, -0.2) is 14.7 Å². The fraction of sp³-hybridized carbons (Fsp3) is 0.294. The summed E-state index contributed by atoms with van der Waals surface area (Å²) in [4.78, 5) is 1.49. The molecule has 5 heteroatoms. The molecule has 118 valence electrons. The van der Waals surface area contributed by atoms with E-state index < -0.39 is 10.0 Å². The maximum absolute atomic E-state index is 12.8. The van der Waals surface area contributed by atoms with Crippen molar-refractivity contribution in [1.29, 1.82) is 0 Å². The predicted octanol–water partition coefficient (Wildman–Crippen LogP) is 4.44. The number of thioether (sulfide) groups is 1. The molecule has 0 aliphatic heterocycles. The van der Waals surface area contributed by atoms with Crippen molar-refractivity contribution in [2.45, 2.75) is 37.5 Å². The molecule has 0 unspecified atom stereocenters. The Morgan fingerprint density at radius 1 is 0.909 bits per heavy atom. The molecule has 2 aromatic carbocycles. The molecule has 0 amide bonds. The van der Waals surface area contributed by atoms with Gasteiger partial charge in [-0.05, 0) is 80.5 Å². The lowest BCUT2D eigenvalue weighted by Gasteiger charge is -2.16. The summed E-state index contributed by atoms with van der Waals surface area (Å²) in [6.45, 7) is 7.59. The van der Waals surface area contributed by atoms with E-state index in [0.29, 0.717) is 10.6 Å². The Morgan fingerprint density at radius 3 is 1.86 bits per heavy atom. The highest BCUT2D eigenvalue weighted by Gasteiger charge is 2.22. The van der Waals surface area contributed by atoms with E-state index in [0.717, 1.165) is 27.1 Å². The summed E-state index contributed by atoms with van der Waals surface area (Å²) in [7, 11) is -3.60. The van der Waals surface area contributed by atoms with Gasteiger partial charge < -0.3 is 0 Å². The number of sulfonamides is 1. The number of hydrogen-bond donors (Lipinski definition) is 1. The topological polar surface area (TPSA) is 46.2 Å². The van der Waals surface area contributed by atoms with Gasteiger partial charge in [-0.2, -0.15) is 0 Å². The average Bonchev–Trinajstić information content (AvgIpc) is 2.45. The van der Waals surface area contributed by atoms with Gasteiger partial charge >= 0.3 is 0 Å². The molecule has 0 saturated heterocycles. The monoisotopic (exact) mass is 335 g/mol. The van der Waals surface area contributed by atoms with Crippen LogP contribution in [0.15, 0.2) is 40.1 Å². The maximum Gasteiger partial charge on any atom is 0.262 e. The quantitative estimate of drug-likeness (QED) is 0.840. The van der Waals surface area contributed by atoms with Gasteiger partial charge in [-0.25, -0.2) is 8.42 Å². The molecule has 0 saturated carbocycles. The number of nitrogens with one attached hydrogen (secondary N) is 1. The number of benzene rings is 2. The largest absolute Gasteiger partial charge is 0.280 e. The van der Waals surface area contributed by atoms with Crippen LogP contribution < -0.4 is 4.72 Å². The summed E-state index contributed by atoms with van der Waals surface area (Å²) in [5, 5.41) is 0. The molecule has 0 aliphatic rings. The second-order valence-corrected chi connectivity index (χ2v) is 7.92. The molecule has 0 atom stereocenters. The van der Waals surface area contributed by atoms with Crippen molar-refractivity contribution in [2.24, 2.45) is 0 Å². The Hall–Kier alpha value is -1.46. The molecule has 0 bridgehead atoms. The molecule has 1 N–H and O–H groups in total. The lowest BCUT2D eigenvalue weighted by molar-refractivity contribution is 0.599. The van der Waals surface area contributed by atoms with E-state index in [-0.39, 0.29) is 0 Å². The molecular formula is C17H21NO2S2. The minimum Gasteiger partial charge on any atom is -0.280 e. The molecule has 0 aliphatic carbocycles. The van der Waals surface area contributed by atoms with Gasteiger partial charge in [0.25, 0.3) is 10.0 Å². The summed E-state index contributed by atoms with van der Waals surface area (Å²) in [6.07, 6.45) is 1.99. The average molecular weight is 335 g/mol. The zero-order chi connectivity index (χ0) is 16.5. The van der Waals surface area contributed by atoms with Crippen LogP contribution in [-0.2, 0) is 10.0 Å². The molecule has 3 nitrogen and oxygen atoms in total. The van der Waals surface area contributed by atoms with Crippen molar-refractivity contribution in [2.75, 3.05) is 11.0 Å². The Morgan fingerprint density at radius 2 is 1.41 bits per heavy atom.